The lowest BCUT2D eigenvalue weighted by atomic mass is 9.90. The monoisotopic (exact) mass is 605 g/mol. The van der Waals surface area contributed by atoms with Gasteiger partial charge in [-0.25, -0.2) is 4.39 Å². The molecule has 0 aliphatic carbocycles. The number of likely N-dealkylation sites (tertiary alicyclic amines) is 1. The zero-order chi connectivity index (χ0) is 31.3. The van der Waals surface area contributed by atoms with Crippen LogP contribution in [0.4, 0.5) is 4.39 Å². The Balaban J connectivity index is 3.04. The smallest absolute Gasteiger partial charge is 0.242 e. The number of amides is 4. The van der Waals surface area contributed by atoms with Gasteiger partial charge in [-0.05, 0) is 24.7 Å². The molecule has 7 unspecified atom stereocenters. The van der Waals surface area contributed by atoms with Crippen molar-refractivity contribution in [3.8, 4) is 0 Å². The van der Waals surface area contributed by atoms with Gasteiger partial charge in [-0.3, -0.25) is 23.9 Å². The minimum Gasteiger partial charge on any atom is -0.379 e. The standard InChI is InChI=1S/C28H52FN5O6S/c1-9-18(4)25(33(6)23(36)16-31-28(38)24(32-41)17(2)3)21(39-7)15-22(35)34-14-10-11-20(34)26(40-8)19(5)27(37)30-13-12-29/h17-21,24-26,32,41H,9-16H2,1-8H3,(H,30,37)(H,31,38). The number of likely N-dealkylation sites (N-methyl/N-ethyl adjacent to an activating group) is 1. The van der Waals surface area contributed by atoms with Gasteiger partial charge in [-0.2, -0.15) is 0 Å². The van der Waals surface area contributed by atoms with Crippen LogP contribution in [0.5, 0.6) is 0 Å². The number of thiol groups is 1. The van der Waals surface area contributed by atoms with Crippen molar-refractivity contribution in [1.82, 2.24) is 25.2 Å². The second kappa shape index (κ2) is 18.6. The van der Waals surface area contributed by atoms with Gasteiger partial charge in [0, 0.05) is 34.4 Å². The molecule has 13 heteroatoms. The molecule has 0 aromatic carbocycles. The maximum absolute atomic E-state index is 13.7. The minimum absolute atomic E-state index is 0.000226. The Kier molecular flexibility index (Phi) is 16.8. The molecule has 41 heavy (non-hydrogen) atoms. The largest absolute Gasteiger partial charge is 0.379 e. The van der Waals surface area contributed by atoms with E-state index < -0.39 is 36.9 Å². The molecule has 0 saturated carbocycles. The van der Waals surface area contributed by atoms with E-state index in [0.717, 1.165) is 12.8 Å². The number of ether oxygens (including phenoxy) is 2. The van der Waals surface area contributed by atoms with Gasteiger partial charge in [-0.15, -0.1) is 0 Å². The molecule has 7 atom stereocenters. The summed E-state index contributed by atoms with van der Waals surface area (Å²) in [7, 11) is 4.70. The SMILES string of the molecule is CCC(C)C(C(CC(=O)N1CCCC1C(OC)C(C)C(=O)NCCF)OC)N(C)C(=O)CNC(=O)C(NS)C(C)C. The predicted octanol–water partition coefficient (Wildman–Crippen LogP) is 1.57. The molecule has 1 rings (SSSR count). The number of carbonyl (C=O) groups is 4. The van der Waals surface area contributed by atoms with E-state index in [9.17, 15) is 23.6 Å². The Morgan fingerprint density at radius 3 is 2.24 bits per heavy atom. The van der Waals surface area contributed by atoms with Crippen LogP contribution >= 0.6 is 12.8 Å². The topological polar surface area (TPSA) is 129 Å². The van der Waals surface area contributed by atoms with Crippen molar-refractivity contribution in [1.29, 1.82) is 0 Å². The molecule has 4 amide bonds. The minimum atomic E-state index is -0.658. The average molecular weight is 606 g/mol. The van der Waals surface area contributed by atoms with Gasteiger partial charge >= 0.3 is 0 Å². The van der Waals surface area contributed by atoms with Crippen molar-refractivity contribution in [2.75, 3.05) is 47.6 Å². The van der Waals surface area contributed by atoms with Crippen molar-refractivity contribution in [2.45, 2.75) is 90.6 Å². The summed E-state index contributed by atoms with van der Waals surface area (Å²) >= 11 is 4.02. The van der Waals surface area contributed by atoms with E-state index in [1.165, 1.54) is 14.2 Å². The third kappa shape index (κ3) is 10.4. The highest BCUT2D eigenvalue weighted by Gasteiger charge is 2.42. The normalized spacial score (nSPS) is 19.7. The van der Waals surface area contributed by atoms with Crippen molar-refractivity contribution in [2.24, 2.45) is 17.8 Å². The van der Waals surface area contributed by atoms with E-state index in [1.54, 1.807) is 23.8 Å². The van der Waals surface area contributed by atoms with Gasteiger partial charge < -0.3 is 29.9 Å². The first kappa shape index (κ1) is 37.1. The van der Waals surface area contributed by atoms with Gasteiger partial charge in [0.1, 0.15) is 6.67 Å². The van der Waals surface area contributed by atoms with Gasteiger partial charge in [0.2, 0.25) is 23.6 Å². The van der Waals surface area contributed by atoms with Crippen LogP contribution in [-0.4, -0.2) is 111 Å². The highest BCUT2D eigenvalue weighted by Crippen LogP contribution is 2.29. The number of carbonyl (C=O) groups excluding carboxylic acids is 4. The van der Waals surface area contributed by atoms with Crippen molar-refractivity contribution in [3.05, 3.63) is 0 Å². The van der Waals surface area contributed by atoms with E-state index in [1.807, 2.05) is 27.7 Å². The Hall–Kier alpha value is -1.96. The van der Waals surface area contributed by atoms with E-state index in [0.29, 0.717) is 13.0 Å². The molecule has 0 aromatic heterocycles. The van der Waals surface area contributed by atoms with Crippen molar-refractivity contribution < 1.29 is 33.0 Å². The average Bonchev–Trinajstić information content (AvgIpc) is 3.43. The molecule has 0 spiro atoms. The first-order valence-electron chi connectivity index (χ1n) is 14.5. The Morgan fingerprint density at radius 1 is 1.07 bits per heavy atom. The lowest BCUT2D eigenvalue weighted by Crippen LogP contribution is -2.55. The molecule has 11 nitrogen and oxygen atoms in total. The van der Waals surface area contributed by atoms with Crippen molar-refractivity contribution in [3.63, 3.8) is 0 Å². The fraction of sp³-hybridized carbons (Fsp3) is 0.857. The van der Waals surface area contributed by atoms with Gasteiger partial charge in [0.05, 0.1) is 49.2 Å². The number of halogens is 1. The molecular weight excluding hydrogens is 553 g/mol. The number of hydrogen-bond acceptors (Lipinski definition) is 8. The zero-order valence-corrected chi connectivity index (χ0v) is 26.8. The number of nitrogens with zero attached hydrogens (tertiary/aromatic N) is 2. The van der Waals surface area contributed by atoms with Crippen LogP contribution in [0.25, 0.3) is 0 Å². The summed E-state index contributed by atoms with van der Waals surface area (Å²) in [5.74, 6) is -1.69. The molecule has 0 radical (unpaired) electrons. The fourth-order valence-corrected chi connectivity index (χ4v) is 5.98. The van der Waals surface area contributed by atoms with Crippen LogP contribution < -0.4 is 15.4 Å². The molecule has 3 N–H and O–H groups in total. The number of rotatable bonds is 18. The second-order valence-corrected chi connectivity index (χ2v) is 11.5. The van der Waals surface area contributed by atoms with Gasteiger partial charge in [-0.1, -0.05) is 53.9 Å². The van der Waals surface area contributed by atoms with Gasteiger partial charge in [0.15, 0.2) is 0 Å². The van der Waals surface area contributed by atoms with E-state index >= 15 is 0 Å². The highest BCUT2D eigenvalue weighted by atomic mass is 32.1. The third-order valence-electron chi connectivity index (χ3n) is 8.20. The summed E-state index contributed by atoms with van der Waals surface area (Å²) < 4.78 is 26.8. The first-order valence-corrected chi connectivity index (χ1v) is 15.0. The number of alkyl halides is 1. The van der Waals surface area contributed by atoms with E-state index in [2.05, 4.69) is 28.2 Å². The summed E-state index contributed by atoms with van der Waals surface area (Å²) in [6.07, 6.45) is 1.06. The molecule has 0 bridgehead atoms. The molecule has 1 fully saturated rings. The molecule has 238 valence electrons. The molecule has 1 saturated heterocycles. The summed E-state index contributed by atoms with van der Waals surface area (Å²) in [5, 5.41) is 5.24. The number of hydrogen-bond donors (Lipinski definition) is 4. The van der Waals surface area contributed by atoms with Crippen LogP contribution in [0.15, 0.2) is 0 Å². The molecule has 1 aliphatic heterocycles. The Bertz CT molecular complexity index is 853. The summed E-state index contributed by atoms with van der Waals surface area (Å²) in [6, 6.07) is -1.29. The lowest BCUT2D eigenvalue weighted by molar-refractivity contribution is -0.145. The maximum atomic E-state index is 13.7. The van der Waals surface area contributed by atoms with Crippen LogP contribution in [0, 0.1) is 17.8 Å². The van der Waals surface area contributed by atoms with Gasteiger partial charge in [0.25, 0.3) is 0 Å². The zero-order valence-electron chi connectivity index (χ0n) is 25.9. The maximum Gasteiger partial charge on any atom is 0.242 e. The Labute approximate surface area is 250 Å². The molecule has 1 heterocycles. The summed E-state index contributed by atoms with van der Waals surface area (Å²) in [5.41, 5.74) is 0. The predicted molar refractivity (Wildman–Crippen MR) is 159 cm³/mol. The molecular formula is C28H52FN5O6S. The highest BCUT2D eigenvalue weighted by molar-refractivity contribution is 7.78. The Morgan fingerprint density at radius 2 is 1.73 bits per heavy atom. The molecule has 0 aromatic rings. The summed E-state index contributed by atoms with van der Waals surface area (Å²) in [6.45, 7) is 9.07. The second-order valence-electron chi connectivity index (χ2n) is 11.2. The van der Waals surface area contributed by atoms with Crippen LogP contribution in [-0.2, 0) is 28.7 Å². The van der Waals surface area contributed by atoms with E-state index in [4.69, 9.17) is 9.47 Å². The molecule has 1 aliphatic rings. The third-order valence-corrected chi connectivity index (χ3v) is 8.48. The first-order chi connectivity index (χ1) is 19.4. The van der Waals surface area contributed by atoms with E-state index in [-0.39, 0.29) is 61.0 Å². The van der Waals surface area contributed by atoms with Crippen LogP contribution in [0.2, 0.25) is 0 Å². The lowest BCUT2D eigenvalue weighted by Gasteiger charge is -2.39. The van der Waals surface area contributed by atoms with Crippen molar-refractivity contribution >= 4 is 36.4 Å². The number of methoxy groups -OCH3 is 2. The van der Waals surface area contributed by atoms with Crippen LogP contribution in [0.1, 0.15) is 60.3 Å². The quantitative estimate of drug-likeness (QED) is 0.175. The summed E-state index contributed by atoms with van der Waals surface area (Å²) in [4.78, 5) is 55.2. The number of nitrogens with one attached hydrogen (secondary N) is 3. The fourth-order valence-electron chi connectivity index (χ4n) is 5.56. The van der Waals surface area contributed by atoms with Crippen LogP contribution in [0.3, 0.4) is 0 Å².